The minimum Gasteiger partial charge on any atom is -0.309 e. The van der Waals surface area contributed by atoms with Crippen LogP contribution < -0.4 is 0 Å². The van der Waals surface area contributed by atoms with Crippen LogP contribution in [0.5, 0.6) is 0 Å². The van der Waals surface area contributed by atoms with Gasteiger partial charge in [-0.25, -0.2) is 15.0 Å². The fourth-order valence-electron chi connectivity index (χ4n) is 9.83. The molecule has 6 aromatic carbocycles. The molecule has 3 heterocycles. The van der Waals surface area contributed by atoms with Gasteiger partial charge in [-0.1, -0.05) is 164 Å². The third-order valence-electron chi connectivity index (χ3n) is 12.3. The number of allylic oxidation sites excluding steroid dienone is 10. The van der Waals surface area contributed by atoms with Crippen LogP contribution in [-0.4, -0.2) is 19.5 Å². The summed E-state index contributed by atoms with van der Waals surface area (Å²) in [5.41, 5.74) is 16.5. The van der Waals surface area contributed by atoms with Crippen LogP contribution in [0, 0.1) is 0 Å². The van der Waals surface area contributed by atoms with Crippen molar-refractivity contribution in [3.8, 4) is 39.6 Å². The van der Waals surface area contributed by atoms with Gasteiger partial charge in [0.2, 0.25) is 0 Å². The van der Waals surface area contributed by atoms with Gasteiger partial charge in [0, 0.05) is 27.5 Å². The Morgan fingerprint density at radius 3 is 2.05 bits per heavy atom. The molecule has 3 aliphatic carbocycles. The predicted molar refractivity (Wildman–Crippen MR) is 233 cm³/mol. The van der Waals surface area contributed by atoms with E-state index in [1.165, 1.54) is 66.5 Å². The molecule has 8 aromatic rings. The Labute approximate surface area is 331 Å². The molecular weight excluding hydrogens is 693 g/mol. The highest BCUT2D eigenvalue weighted by molar-refractivity contribution is 6.13. The smallest absolute Gasteiger partial charge is 0.164 e. The third kappa shape index (κ3) is 4.65. The van der Waals surface area contributed by atoms with Gasteiger partial charge in [0.25, 0.3) is 0 Å². The first-order valence-corrected chi connectivity index (χ1v) is 19.9. The molecule has 1 aliphatic heterocycles. The van der Waals surface area contributed by atoms with Crippen molar-refractivity contribution < 1.29 is 0 Å². The summed E-state index contributed by atoms with van der Waals surface area (Å²) in [4.78, 5) is 15.0. The van der Waals surface area contributed by atoms with Crippen LogP contribution in [0.25, 0.3) is 72.5 Å². The van der Waals surface area contributed by atoms with Crippen molar-refractivity contribution in [1.82, 2.24) is 19.5 Å². The molecule has 1 atom stereocenters. The first kappa shape index (κ1) is 32.1. The molecule has 1 spiro atoms. The van der Waals surface area contributed by atoms with E-state index < -0.39 is 5.41 Å². The summed E-state index contributed by atoms with van der Waals surface area (Å²) in [5.74, 6) is 2.06. The molecule has 12 rings (SSSR count). The maximum absolute atomic E-state index is 5.03. The minimum atomic E-state index is -0.496. The van der Waals surface area contributed by atoms with Gasteiger partial charge < -0.3 is 4.57 Å². The highest BCUT2D eigenvalue weighted by atomic mass is 15.0. The maximum atomic E-state index is 5.03. The second-order valence-corrected chi connectivity index (χ2v) is 15.3. The van der Waals surface area contributed by atoms with E-state index in [1.807, 2.05) is 18.2 Å². The van der Waals surface area contributed by atoms with Gasteiger partial charge in [-0.05, 0) is 82.0 Å². The van der Waals surface area contributed by atoms with Crippen LogP contribution in [0.3, 0.4) is 0 Å². The van der Waals surface area contributed by atoms with Crippen molar-refractivity contribution in [2.24, 2.45) is 0 Å². The average Bonchev–Trinajstić information content (AvgIpc) is 3.63. The second kappa shape index (κ2) is 12.4. The molecule has 0 bridgehead atoms. The predicted octanol–water partition coefficient (Wildman–Crippen LogP) is 12.6. The molecule has 1 unspecified atom stereocenters. The highest BCUT2D eigenvalue weighted by Gasteiger charge is 2.51. The molecule has 0 saturated heterocycles. The topological polar surface area (TPSA) is 43.6 Å². The summed E-state index contributed by atoms with van der Waals surface area (Å²) in [6, 6.07) is 50.9. The molecular formula is C53H36N4. The van der Waals surface area contributed by atoms with E-state index in [2.05, 4.69) is 168 Å². The molecule has 57 heavy (non-hydrogen) atoms. The van der Waals surface area contributed by atoms with Gasteiger partial charge in [0.05, 0.1) is 22.1 Å². The molecule has 268 valence electrons. The Morgan fingerprint density at radius 2 is 1.19 bits per heavy atom. The zero-order chi connectivity index (χ0) is 37.5. The second-order valence-electron chi connectivity index (χ2n) is 15.3. The highest BCUT2D eigenvalue weighted by Crippen LogP contribution is 2.61. The van der Waals surface area contributed by atoms with Gasteiger partial charge in [-0.3, -0.25) is 0 Å². The Bertz CT molecular complexity index is 3140. The van der Waals surface area contributed by atoms with Crippen LogP contribution in [0.15, 0.2) is 188 Å². The first-order chi connectivity index (χ1) is 28.3. The quantitative estimate of drug-likeness (QED) is 0.181. The average molecular weight is 729 g/mol. The van der Waals surface area contributed by atoms with E-state index in [-0.39, 0.29) is 0 Å². The number of fused-ring (bicyclic) bond motifs is 11. The van der Waals surface area contributed by atoms with E-state index >= 15 is 0 Å². The van der Waals surface area contributed by atoms with Crippen molar-refractivity contribution in [1.29, 1.82) is 0 Å². The monoisotopic (exact) mass is 728 g/mol. The van der Waals surface area contributed by atoms with Crippen LogP contribution in [-0.2, 0) is 5.41 Å². The van der Waals surface area contributed by atoms with Crippen LogP contribution in [0.1, 0.15) is 47.3 Å². The molecule has 4 heteroatoms. The normalized spacial score (nSPS) is 17.5. The number of para-hydroxylation sites is 2. The summed E-state index contributed by atoms with van der Waals surface area (Å²) in [6.07, 6.45) is 18.9. The lowest BCUT2D eigenvalue weighted by molar-refractivity contribution is 0.742. The van der Waals surface area contributed by atoms with Crippen molar-refractivity contribution in [2.75, 3.05) is 0 Å². The van der Waals surface area contributed by atoms with Crippen LogP contribution in [0.2, 0.25) is 0 Å². The molecule has 4 aliphatic rings. The number of nitrogens with zero attached hydrogens (tertiary/aromatic N) is 4. The molecule has 0 amide bonds. The van der Waals surface area contributed by atoms with E-state index in [9.17, 15) is 0 Å². The van der Waals surface area contributed by atoms with Crippen molar-refractivity contribution >= 4 is 33.0 Å². The minimum absolute atomic E-state index is 0.496. The summed E-state index contributed by atoms with van der Waals surface area (Å²) < 4.78 is 2.52. The SMILES string of the molecule is C1=CC2=C(C=CC1)C1(c3ccccc32)c2cc(-c3ccc(-c4nc(C5=CCCC=C5)nc(-c5ccccc5)n4)cc3)ccc2-n2c3ccccc3c3cccc1c32. The third-order valence-corrected chi connectivity index (χ3v) is 12.3. The van der Waals surface area contributed by atoms with Gasteiger partial charge >= 0.3 is 0 Å². The zero-order valence-electron chi connectivity index (χ0n) is 31.2. The lowest BCUT2D eigenvalue weighted by atomic mass is 9.64. The fourth-order valence-corrected chi connectivity index (χ4v) is 9.83. The number of hydrogen-bond acceptors (Lipinski definition) is 3. The van der Waals surface area contributed by atoms with Gasteiger partial charge in [-0.15, -0.1) is 0 Å². The molecule has 0 N–H and O–H groups in total. The van der Waals surface area contributed by atoms with Gasteiger partial charge in [0.15, 0.2) is 17.5 Å². The standard InChI is InChI=1S/C53H36N4/c1-4-15-35(16-5-1)50-54-51(36-17-6-2-7-18-36)56-52(55-50)37-29-27-34(28-30-37)38-31-32-48-46(33-38)53(43-23-9-3-8-19-39(43)40-20-10-12-24-44(40)53)45-25-14-22-42-41-21-11-13-26-47(41)57(48)49(42)45/h1,4-6,8-33H,2-3,7H2. The van der Waals surface area contributed by atoms with Crippen LogP contribution in [0.4, 0.5) is 0 Å². The Hall–Kier alpha value is -7.17. The van der Waals surface area contributed by atoms with Crippen molar-refractivity contribution in [3.63, 3.8) is 0 Å². The Balaban J connectivity index is 1.06. The maximum Gasteiger partial charge on any atom is 0.164 e. The lowest BCUT2D eigenvalue weighted by Gasteiger charge is -2.40. The number of aromatic nitrogens is 4. The summed E-state index contributed by atoms with van der Waals surface area (Å²) in [6.45, 7) is 0. The summed E-state index contributed by atoms with van der Waals surface area (Å²) in [5, 5.41) is 2.57. The van der Waals surface area contributed by atoms with E-state index in [0.717, 1.165) is 41.5 Å². The zero-order valence-corrected chi connectivity index (χ0v) is 31.2. The van der Waals surface area contributed by atoms with Crippen LogP contribution >= 0.6 is 0 Å². The van der Waals surface area contributed by atoms with Crippen molar-refractivity contribution in [2.45, 2.75) is 24.7 Å². The lowest BCUT2D eigenvalue weighted by Crippen LogP contribution is -2.34. The van der Waals surface area contributed by atoms with Crippen molar-refractivity contribution in [3.05, 3.63) is 216 Å². The fraction of sp³-hybridized carbons (Fsp3) is 0.0755. The first-order valence-electron chi connectivity index (χ1n) is 19.9. The number of hydrogen-bond donors (Lipinski definition) is 0. The van der Waals surface area contributed by atoms with Gasteiger partial charge in [0.1, 0.15) is 0 Å². The summed E-state index contributed by atoms with van der Waals surface area (Å²) in [7, 11) is 0. The number of rotatable bonds is 4. The van der Waals surface area contributed by atoms with E-state index in [1.54, 1.807) is 0 Å². The van der Waals surface area contributed by atoms with E-state index in [0.29, 0.717) is 17.5 Å². The molecule has 0 radical (unpaired) electrons. The largest absolute Gasteiger partial charge is 0.309 e. The van der Waals surface area contributed by atoms with Gasteiger partial charge in [-0.2, -0.15) is 0 Å². The molecule has 4 nitrogen and oxygen atoms in total. The molecule has 2 aromatic heterocycles. The number of benzene rings is 6. The molecule has 0 fully saturated rings. The van der Waals surface area contributed by atoms with E-state index in [4.69, 9.17) is 15.0 Å². The molecule has 0 saturated carbocycles. The Kier molecular flexibility index (Phi) is 7.00. The summed E-state index contributed by atoms with van der Waals surface area (Å²) >= 11 is 0. The Morgan fingerprint density at radius 1 is 0.491 bits per heavy atom.